The molecule has 0 aliphatic heterocycles. The van der Waals surface area contributed by atoms with Gasteiger partial charge in [-0.25, -0.2) is 9.97 Å². The molecule has 5 nitrogen and oxygen atoms in total. The van der Waals surface area contributed by atoms with Gasteiger partial charge in [-0.1, -0.05) is 19.9 Å². The van der Waals surface area contributed by atoms with Crippen molar-refractivity contribution in [2.75, 3.05) is 18.4 Å². The summed E-state index contributed by atoms with van der Waals surface area (Å²) in [6.07, 6.45) is 1.71. The highest BCUT2D eigenvalue weighted by Crippen LogP contribution is 2.05. The third-order valence-corrected chi connectivity index (χ3v) is 2.16. The molecule has 1 amide bonds. The Bertz CT molecular complexity index is 429. The lowest BCUT2D eigenvalue weighted by molar-refractivity contribution is 0.0944. The predicted molar refractivity (Wildman–Crippen MR) is 72.6 cm³/mol. The molecule has 0 radical (unpaired) electrons. The maximum Gasteiger partial charge on any atom is 0.270 e. The van der Waals surface area contributed by atoms with Crippen LogP contribution in [0.2, 0.25) is 0 Å². The van der Waals surface area contributed by atoms with Crippen molar-refractivity contribution in [3.05, 3.63) is 30.1 Å². The summed E-state index contributed by atoms with van der Waals surface area (Å²) in [6.45, 7) is 10.7. The van der Waals surface area contributed by atoms with E-state index < -0.39 is 0 Å². The first-order valence-corrected chi connectivity index (χ1v) is 6.01. The fourth-order valence-corrected chi connectivity index (χ4v) is 1.31. The van der Waals surface area contributed by atoms with Gasteiger partial charge in [0.25, 0.3) is 5.91 Å². The third-order valence-electron chi connectivity index (χ3n) is 2.16. The number of hydrogen-bond acceptors (Lipinski definition) is 4. The van der Waals surface area contributed by atoms with Gasteiger partial charge in [0, 0.05) is 18.8 Å². The summed E-state index contributed by atoms with van der Waals surface area (Å²) in [6, 6.07) is 1.68. The van der Waals surface area contributed by atoms with E-state index in [0.29, 0.717) is 30.6 Å². The van der Waals surface area contributed by atoms with Crippen molar-refractivity contribution in [2.24, 2.45) is 5.92 Å². The zero-order valence-electron chi connectivity index (χ0n) is 11.2. The number of rotatable bonds is 6. The number of carbonyl (C=O) groups excluding carboxylic acids is 1. The van der Waals surface area contributed by atoms with E-state index in [1.807, 2.05) is 20.8 Å². The number of amides is 1. The van der Waals surface area contributed by atoms with Crippen LogP contribution in [0.3, 0.4) is 0 Å². The Morgan fingerprint density at radius 1 is 1.50 bits per heavy atom. The molecule has 0 aliphatic carbocycles. The molecule has 18 heavy (non-hydrogen) atoms. The van der Waals surface area contributed by atoms with Crippen LogP contribution in [0, 0.1) is 12.8 Å². The van der Waals surface area contributed by atoms with Gasteiger partial charge in [-0.15, -0.1) is 6.58 Å². The highest BCUT2D eigenvalue weighted by molar-refractivity contribution is 5.92. The second kappa shape index (κ2) is 6.74. The summed E-state index contributed by atoms with van der Waals surface area (Å²) in [7, 11) is 0. The zero-order chi connectivity index (χ0) is 13.5. The molecule has 0 unspecified atom stereocenters. The molecule has 5 heteroatoms. The van der Waals surface area contributed by atoms with Crippen LogP contribution in [0.15, 0.2) is 18.7 Å². The van der Waals surface area contributed by atoms with Gasteiger partial charge in [0.1, 0.15) is 5.69 Å². The molecule has 0 saturated carbocycles. The quantitative estimate of drug-likeness (QED) is 0.753. The standard InChI is InChI=1S/C13H20N4O/c1-5-6-14-13-16-10(4)7-11(17-13)12(18)15-8-9(2)3/h5,7,9H,1,6,8H2,2-4H3,(H,15,18)(H,14,16,17). The summed E-state index contributed by atoms with van der Waals surface area (Å²) in [5.41, 5.74) is 1.14. The molecule has 0 atom stereocenters. The normalized spacial score (nSPS) is 10.2. The van der Waals surface area contributed by atoms with Gasteiger partial charge in [-0.2, -0.15) is 0 Å². The van der Waals surface area contributed by atoms with Gasteiger partial charge >= 0.3 is 0 Å². The summed E-state index contributed by atoms with van der Waals surface area (Å²) < 4.78 is 0. The van der Waals surface area contributed by atoms with E-state index >= 15 is 0 Å². The predicted octanol–water partition coefficient (Wildman–Crippen LogP) is 1.77. The zero-order valence-corrected chi connectivity index (χ0v) is 11.2. The largest absolute Gasteiger partial charge is 0.351 e. The van der Waals surface area contributed by atoms with Crippen LogP contribution in [-0.4, -0.2) is 29.0 Å². The molecule has 0 bridgehead atoms. The van der Waals surface area contributed by atoms with Crippen LogP contribution < -0.4 is 10.6 Å². The minimum absolute atomic E-state index is 0.171. The Balaban J connectivity index is 2.78. The van der Waals surface area contributed by atoms with E-state index in [9.17, 15) is 4.79 Å². The van der Waals surface area contributed by atoms with Crippen LogP contribution in [0.1, 0.15) is 30.0 Å². The Morgan fingerprint density at radius 3 is 2.83 bits per heavy atom. The molecule has 1 rings (SSSR count). The van der Waals surface area contributed by atoms with E-state index in [1.165, 1.54) is 0 Å². The Morgan fingerprint density at radius 2 is 2.22 bits per heavy atom. The minimum atomic E-state index is -0.171. The SMILES string of the molecule is C=CCNc1nc(C)cc(C(=O)NCC(C)C)n1. The summed E-state index contributed by atoms with van der Waals surface area (Å²) in [5, 5.41) is 5.81. The molecule has 0 spiro atoms. The summed E-state index contributed by atoms with van der Waals surface area (Å²) in [5.74, 6) is 0.690. The van der Waals surface area contributed by atoms with Crippen molar-refractivity contribution in [3.63, 3.8) is 0 Å². The summed E-state index contributed by atoms with van der Waals surface area (Å²) in [4.78, 5) is 20.2. The molecular weight excluding hydrogens is 228 g/mol. The number of nitrogens with zero attached hydrogens (tertiary/aromatic N) is 2. The molecule has 2 N–H and O–H groups in total. The number of aromatic nitrogens is 2. The van der Waals surface area contributed by atoms with E-state index in [-0.39, 0.29) is 5.91 Å². The topological polar surface area (TPSA) is 66.9 Å². The second-order valence-corrected chi connectivity index (χ2v) is 4.49. The van der Waals surface area contributed by atoms with Gasteiger partial charge in [0.15, 0.2) is 0 Å². The van der Waals surface area contributed by atoms with Crippen LogP contribution in [-0.2, 0) is 0 Å². The number of anilines is 1. The first-order chi connectivity index (χ1) is 8.52. The highest BCUT2D eigenvalue weighted by Gasteiger charge is 2.10. The first-order valence-electron chi connectivity index (χ1n) is 6.01. The molecule has 1 aromatic heterocycles. The first kappa shape index (κ1) is 14.2. The van der Waals surface area contributed by atoms with Crippen molar-refractivity contribution in [1.82, 2.24) is 15.3 Å². The lowest BCUT2D eigenvalue weighted by Crippen LogP contribution is -2.28. The number of nitrogens with one attached hydrogen (secondary N) is 2. The molecule has 0 saturated heterocycles. The Labute approximate surface area is 108 Å². The average Bonchev–Trinajstić information content (AvgIpc) is 2.32. The van der Waals surface area contributed by atoms with Gasteiger partial charge in [-0.3, -0.25) is 4.79 Å². The van der Waals surface area contributed by atoms with Crippen LogP contribution >= 0.6 is 0 Å². The molecule has 0 aliphatic rings. The fourth-order valence-electron chi connectivity index (χ4n) is 1.31. The van der Waals surface area contributed by atoms with E-state index in [4.69, 9.17) is 0 Å². The van der Waals surface area contributed by atoms with Crippen molar-refractivity contribution in [1.29, 1.82) is 0 Å². The molecular formula is C13H20N4O. The third kappa shape index (κ3) is 4.53. The summed E-state index contributed by atoms with van der Waals surface area (Å²) >= 11 is 0. The lowest BCUT2D eigenvalue weighted by Gasteiger charge is -2.09. The van der Waals surface area contributed by atoms with Crippen molar-refractivity contribution in [3.8, 4) is 0 Å². The van der Waals surface area contributed by atoms with Crippen molar-refractivity contribution >= 4 is 11.9 Å². The number of aryl methyl sites for hydroxylation is 1. The van der Waals surface area contributed by atoms with Gasteiger partial charge in [-0.05, 0) is 18.9 Å². The average molecular weight is 248 g/mol. The van der Waals surface area contributed by atoms with Gasteiger partial charge in [0.05, 0.1) is 0 Å². The van der Waals surface area contributed by atoms with Crippen LogP contribution in [0.4, 0.5) is 5.95 Å². The van der Waals surface area contributed by atoms with E-state index in [2.05, 4.69) is 27.2 Å². The van der Waals surface area contributed by atoms with Crippen molar-refractivity contribution in [2.45, 2.75) is 20.8 Å². The molecule has 1 aromatic rings. The van der Waals surface area contributed by atoms with Crippen LogP contribution in [0.5, 0.6) is 0 Å². The number of hydrogen-bond donors (Lipinski definition) is 2. The van der Waals surface area contributed by atoms with Crippen LogP contribution in [0.25, 0.3) is 0 Å². The van der Waals surface area contributed by atoms with Crippen molar-refractivity contribution < 1.29 is 4.79 Å². The van der Waals surface area contributed by atoms with Gasteiger partial charge < -0.3 is 10.6 Å². The maximum absolute atomic E-state index is 11.9. The maximum atomic E-state index is 11.9. The fraction of sp³-hybridized carbons (Fsp3) is 0.462. The monoisotopic (exact) mass is 248 g/mol. The minimum Gasteiger partial charge on any atom is -0.351 e. The van der Waals surface area contributed by atoms with E-state index in [1.54, 1.807) is 12.1 Å². The highest BCUT2D eigenvalue weighted by atomic mass is 16.1. The Hall–Kier alpha value is -1.91. The number of carbonyl (C=O) groups is 1. The smallest absolute Gasteiger partial charge is 0.270 e. The molecule has 0 aromatic carbocycles. The molecule has 0 fully saturated rings. The lowest BCUT2D eigenvalue weighted by atomic mass is 10.2. The Kier molecular flexibility index (Phi) is 5.30. The van der Waals surface area contributed by atoms with E-state index in [0.717, 1.165) is 5.69 Å². The second-order valence-electron chi connectivity index (χ2n) is 4.49. The molecule has 1 heterocycles. The van der Waals surface area contributed by atoms with Gasteiger partial charge in [0.2, 0.25) is 5.95 Å². The molecule has 98 valence electrons.